The third kappa shape index (κ3) is 4.77. The van der Waals surface area contributed by atoms with Gasteiger partial charge < -0.3 is 0 Å². The summed E-state index contributed by atoms with van der Waals surface area (Å²) in [5, 5.41) is 4.02. The number of ketones is 1. The van der Waals surface area contributed by atoms with Crippen molar-refractivity contribution >= 4 is 17.3 Å². The average molecular weight is 252 g/mol. The molecule has 0 aliphatic rings. The number of aromatic nitrogens is 2. The molecule has 4 heteroatoms. The molecule has 0 atom stereocenters. The SMILES string of the molecule is C=CCCCCCC(=O)c1snnc1CCC. The lowest BCUT2D eigenvalue weighted by Crippen LogP contribution is -2.01. The van der Waals surface area contributed by atoms with Crippen molar-refractivity contribution in [2.24, 2.45) is 0 Å². The zero-order chi connectivity index (χ0) is 12.5. The third-order valence-corrected chi connectivity index (χ3v) is 3.42. The van der Waals surface area contributed by atoms with E-state index in [1.807, 2.05) is 6.08 Å². The van der Waals surface area contributed by atoms with Crippen molar-refractivity contribution in [3.63, 3.8) is 0 Å². The summed E-state index contributed by atoms with van der Waals surface area (Å²) in [5.74, 6) is 0.210. The van der Waals surface area contributed by atoms with Crippen molar-refractivity contribution in [2.75, 3.05) is 0 Å². The van der Waals surface area contributed by atoms with Crippen LogP contribution in [0.15, 0.2) is 12.7 Å². The summed E-state index contributed by atoms with van der Waals surface area (Å²) in [6.45, 7) is 5.77. The van der Waals surface area contributed by atoms with Crippen LogP contribution in [0.5, 0.6) is 0 Å². The second-order valence-electron chi connectivity index (χ2n) is 4.11. The fraction of sp³-hybridized carbons (Fsp3) is 0.615. The van der Waals surface area contributed by atoms with Crippen LogP contribution in [0.3, 0.4) is 0 Å². The van der Waals surface area contributed by atoms with Gasteiger partial charge in [-0.1, -0.05) is 30.3 Å². The van der Waals surface area contributed by atoms with E-state index >= 15 is 0 Å². The molecule has 17 heavy (non-hydrogen) atoms. The lowest BCUT2D eigenvalue weighted by molar-refractivity contribution is 0.0982. The Bertz CT molecular complexity index is 360. The third-order valence-electron chi connectivity index (χ3n) is 2.61. The molecule has 0 aliphatic carbocycles. The molecule has 0 spiro atoms. The molecular weight excluding hydrogens is 232 g/mol. The van der Waals surface area contributed by atoms with E-state index in [0.29, 0.717) is 6.42 Å². The summed E-state index contributed by atoms with van der Waals surface area (Å²) in [6.07, 6.45) is 8.62. The van der Waals surface area contributed by atoms with Gasteiger partial charge in [-0.05, 0) is 37.2 Å². The van der Waals surface area contributed by atoms with Gasteiger partial charge in [0.2, 0.25) is 0 Å². The van der Waals surface area contributed by atoms with Gasteiger partial charge in [0, 0.05) is 6.42 Å². The van der Waals surface area contributed by atoms with Crippen LogP contribution in [-0.2, 0) is 6.42 Å². The normalized spacial score (nSPS) is 10.4. The Morgan fingerprint density at radius 1 is 1.41 bits per heavy atom. The van der Waals surface area contributed by atoms with E-state index in [1.54, 1.807) is 0 Å². The number of Topliss-reactive ketones (excluding diaryl/α,β-unsaturated/α-hetero) is 1. The minimum Gasteiger partial charge on any atom is -0.293 e. The number of allylic oxidation sites excluding steroid dienone is 1. The molecule has 3 nitrogen and oxygen atoms in total. The Morgan fingerprint density at radius 3 is 2.94 bits per heavy atom. The van der Waals surface area contributed by atoms with Gasteiger partial charge in [-0.15, -0.1) is 11.7 Å². The van der Waals surface area contributed by atoms with Gasteiger partial charge in [0.05, 0.1) is 5.69 Å². The zero-order valence-corrected chi connectivity index (χ0v) is 11.3. The zero-order valence-electron chi connectivity index (χ0n) is 10.4. The molecule has 1 aromatic heterocycles. The summed E-state index contributed by atoms with van der Waals surface area (Å²) >= 11 is 1.24. The first-order valence-electron chi connectivity index (χ1n) is 6.25. The largest absolute Gasteiger partial charge is 0.293 e. The molecule has 0 bridgehead atoms. The molecule has 1 aromatic rings. The topological polar surface area (TPSA) is 42.9 Å². The summed E-state index contributed by atoms with van der Waals surface area (Å²) < 4.78 is 3.88. The van der Waals surface area contributed by atoms with Crippen LogP contribution in [0.4, 0.5) is 0 Å². The molecule has 0 unspecified atom stereocenters. The fourth-order valence-electron chi connectivity index (χ4n) is 1.69. The molecule has 0 saturated carbocycles. The quantitative estimate of drug-likeness (QED) is 0.381. The number of aryl methyl sites for hydroxylation is 1. The van der Waals surface area contributed by atoms with Gasteiger partial charge >= 0.3 is 0 Å². The maximum absolute atomic E-state index is 11.9. The Kier molecular flexibility index (Phi) is 6.70. The van der Waals surface area contributed by atoms with Crippen LogP contribution in [0.1, 0.15) is 60.8 Å². The highest BCUT2D eigenvalue weighted by molar-refractivity contribution is 7.08. The highest BCUT2D eigenvalue weighted by Crippen LogP contribution is 2.16. The number of hydrogen-bond acceptors (Lipinski definition) is 4. The number of carbonyl (C=O) groups is 1. The van der Waals surface area contributed by atoms with Gasteiger partial charge in [0.15, 0.2) is 5.78 Å². The van der Waals surface area contributed by atoms with E-state index in [1.165, 1.54) is 11.5 Å². The second-order valence-corrected chi connectivity index (χ2v) is 4.86. The monoisotopic (exact) mass is 252 g/mol. The summed E-state index contributed by atoms with van der Waals surface area (Å²) in [7, 11) is 0. The molecule has 0 aromatic carbocycles. The fourth-order valence-corrected chi connectivity index (χ4v) is 2.36. The molecule has 0 N–H and O–H groups in total. The number of carbonyl (C=O) groups excluding carboxylic acids is 1. The number of hydrogen-bond donors (Lipinski definition) is 0. The number of rotatable bonds is 9. The van der Waals surface area contributed by atoms with Crippen LogP contribution in [0.25, 0.3) is 0 Å². The standard InChI is InChI=1S/C13H20N2OS/c1-3-5-6-7-8-10-12(16)13-11(9-4-2)14-15-17-13/h3H,1,4-10H2,2H3. The van der Waals surface area contributed by atoms with E-state index < -0.39 is 0 Å². The van der Waals surface area contributed by atoms with Crippen molar-refractivity contribution in [2.45, 2.75) is 51.9 Å². The number of nitrogens with zero attached hydrogens (tertiary/aromatic N) is 2. The summed E-state index contributed by atoms with van der Waals surface area (Å²) in [6, 6.07) is 0. The van der Waals surface area contributed by atoms with Crippen molar-refractivity contribution in [1.29, 1.82) is 0 Å². The molecule has 0 saturated heterocycles. The maximum atomic E-state index is 11.9. The van der Waals surface area contributed by atoms with Gasteiger partial charge in [-0.25, -0.2) is 0 Å². The Balaban J connectivity index is 2.35. The van der Waals surface area contributed by atoms with Crippen molar-refractivity contribution in [3.05, 3.63) is 23.2 Å². The minimum absolute atomic E-state index is 0.210. The summed E-state index contributed by atoms with van der Waals surface area (Å²) in [5.41, 5.74) is 0.883. The highest BCUT2D eigenvalue weighted by Gasteiger charge is 2.14. The maximum Gasteiger partial charge on any atom is 0.176 e. The van der Waals surface area contributed by atoms with Crippen molar-refractivity contribution < 1.29 is 4.79 Å². The molecule has 0 fully saturated rings. The van der Waals surface area contributed by atoms with E-state index in [-0.39, 0.29) is 5.78 Å². The van der Waals surface area contributed by atoms with E-state index in [0.717, 1.165) is 49.1 Å². The lowest BCUT2D eigenvalue weighted by Gasteiger charge is -2.00. The predicted octanol–water partition coefficient (Wildman–Crippen LogP) is 3.81. The molecule has 0 radical (unpaired) electrons. The van der Waals surface area contributed by atoms with E-state index in [4.69, 9.17) is 0 Å². The van der Waals surface area contributed by atoms with Crippen molar-refractivity contribution in [1.82, 2.24) is 9.59 Å². The van der Waals surface area contributed by atoms with Crippen LogP contribution in [0.2, 0.25) is 0 Å². The molecule has 0 aliphatic heterocycles. The van der Waals surface area contributed by atoms with Gasteiger partial charge in [0.25, 0.3) is 0 Å². The molecular formula is C13H20N2OS. The molecule has 1 rings (SSSR count). The smallest absolute Gasteiger partial charge is 0.176 e. The van der Waals surface area contributed by atoms with Crippen LogP contribution < -0.4 is 0 Å². The first-order valence-corrected chi connectivity index (χ1v) is 7.02. The lowest BCUT2D eigenvalue weighted by atomic mass is 10.1. The van der Waals surface area contributed by atoms with Gasteiger partial charge in [-0.3, -0.25) is 4.79 Å². The minimum atomic E-state index is 0.210. The molecule has 1 heterocycles. The van der Waals surface area contributed by atoms with Crippen LogP contribution in [-0.4, -0.2) is 15.4 Å². The first-order chi connectivity index (χ1) is 8.29. The van der Waals surface area contributed by atoms with Gasteiger partial charge in [0.1, 0.15) is 4.88 Å². The van der Waals surface area contributed by atoms with E-state index in [9.17, 15) is 4.79 Å². The average Bonchev–Trinajstić information content (AvgIpc) is 2.77. The first kappa shape index (κ1) is 14.0. The second kappa shape index (κ2) is 8.12. The molecule has 94 valence electrons. The van der Waals surface area contributed by atoms with Crippen molar-refractivity contribution in [3.8, 4) is 0 Å². The summed E-state index contributed by atoms with van der Waals surface area (Å²) in [4.78, 5) is 12.7. The van der Waals surface area contributed by atoms with Crippen LogP contribution in [0, 0.1) is 0 Å². The Hall–Kier alpha value is -1.03. The molecule has 0 amide bonds. The Morgan fingerprint density at radius 2 is 2.24 bits per heavy atom. The van der Waals surface area contributed by atoms with Crippen LogP contribution >= 0.6 is 11.5 Å². The Labute approximate surface area is 107 Å². The van der Waals surface area contributed by atoms with Gasteiger partial charge in [-0.2, -0.15) is 0 Å². The predicted molar refractivity (Wildman–Crippen MR) is 71.5 cm³/mol. The number of unbranched alkanes of at least 4 members (excludes halogenated alkanes) is 3. The van der Waals surface area contributed by atoms with E-state index in [2.05, 4.69) is 23.1 Å². The highest BCUT2D eigenvalue weighted by atomic mass is 32.1.